The summed E-state index contributed by atoms with van der Waals surface area (Å²) in [6.07, 6.45) is 1.82. The van der Waals surface area contributed by atoms with Crippen LogP contribution in [0.15, 0.2) is 34.9 Å². The van der Waals surface area contributed by atoms with Crippen LogP contribution in [-0.2, 0) is 6.54 Å². The van der Waals surface area contributed by atoms with Crippen molar-refractivity contribution in [3.63, 3.8) is 0 Å². The van der Waals surface area contributed by atoms with Gasteiger partial charge in [-0.15, -0.1) is 0 Å². The lowest BCUT2D eigenvalue weighted by molar-refractivity contribution is 0.408. The smallest absolute Gasteiger partial charge is 0.128 e. The number of aryl methyl sites for hydroxylation is 2. The molecule has 0 saturated carbocycles. The van der Waals surface area contributed by atoms with Crippen LogP contribution in [0.4, 0.5) is 5.82 Å². The average molecular weight is 335 g/mol. The molecule has 106 valence electrons. The molecule has 0 radical (unpaired) electrons. The molecule has 0 atom stereocenters. The normalized spacial score (nSPS) is 10.4. The molecule has 0 bridgehead atoms. The summed E-state index contributed by atoms with van der Waals surface area (Å²) in [7, 11) is 3.76. The van der Waals surface area contributed by atoms with Crippen molar-refractivity contribution in [3.05, 3.63) is 51.6 Å². The van der Waals surface area contributed by atoms with Gasteiger partial charge in [0.1, 0.15) is 11.6 Å². The van der Waals surface area contributed by atoms with E-state index in [2.05, 4.69) is 51.8 Å². The first-order chi connectivity index (χ1) is 9.51. The molecule has 1 aromatic heterocycles. The summed E-state index contributed by atoms with van der Waals surface area (Å²) in [6, 6.07) is 8.35. The molecule has 2 rings (SSSR count). The SMILES string of the molecule is COc1c(C)cc(CN(C)c2ccc(Br)cn2)cc1C. The van der Waals surface area contributed by atoms with E-state index in [0.717, 1.165) is 22.6 Å². The van der Waals surface area contributed by atoms with Gasteiger partial charge in [-0.05, 0) is 58.6 Å². The summed E-state index contributed by atoms with van der Waals surface area (Å²) in [5, 5.41) is 0. The molecule has 0 aliphatic carbocycles. The largest absolute Gasteiger partial charge is 0.496 e. The van der Waals surface area contributed by atoms with Crippen LogP contribution in [0.2, 0.25) is 0 Å². The van der Waals surface area contributed by atoms with Crippen molar-refractivity contribution in [1.82, 2.24) is 4.98 Å². The quantitative estimate of drug-likeness (QED) is 0.841. The van der Waals surface area contributed by atoms with Crippen LogP contribution in [0.3, 0.4) is 0 Å². The van der Waals surface area contributed by atoms with Crippen LogP contribution >= 0.6 is 15.9 Å². The van der Waals surface area contributed by atoms with Gasteiger partial charge in [0, 0.05) is 24.3 Å². The molecule has 3 nitrogen and oxygen atoms in total. The van der Waals surface area contributed by atoms with Gasteiger partial charge in [0.25, 0.3) is 0 Å². The minimum atomic E-state index is 0.820. The lowest BCUT2D eigenvalue weighted by Gasteiger charge is -2.19. The maximum absolute atomic E-state index is 5.40. The van der Waals surface area contributed by atoms with Crippen LogP contribution in [-0.4, -0.2) is 19.1 Å². The molecule has 0 aliphatic rings. The number of nitrogens with zero attached hydrogens (tertiary/aromatic N) is 2. The van der Waals surface area contributed by atoms with Gasteiger partial charge >= 0.3 is 0 Å². The summed E-state index contributed by atoms with van der Waals surface area (Å²) in [4.78, 5) is 6.54. The maximum atomic E-state index is 5.40. The van der Waals surface area contributed by atoms with E-state index >= 15 is 0 Å². The fourth-order valence-electron chi connectivity index (χ4n) is 2.40. The third kappa shape index (κ3) is 3.31. The van der Waals surface area contributed by atoms with E-state index in [0.29, 0.717) is 0 Å². The van der Waals surface area contributed by atoms with Crippen molar-refractivity contribution in [1.29, 1.82) is 0 Å². The number of rotatable bonds is 4. The van der Waals surface area contributed by atoms with Gasteiger partial charge in [-0.3, -0.25) is 0 Å². The molecule has 4 heteroatoms. The maximum Gasteiger partial charge on any atom is 0.128 e. The number of anilines is 1. The highest BCUT2D eigenvalue weighted by Gasteiger charge is 2.08. The van der Waals surface area contributed by atoms with Crippen molar-refractivity contribution in [2.24, 2.45) is 0 Å². The molecule has 1 heterocycles. The molecule has 0 unspecified atom stereocenters. The Balaban J connectivity index is 2.19. The van der Waals surface area contributed by atoms with Gasteiger partial charge in [0.05, 0.1) is 7.11 Å². The van der Waals surface area contributed by atoms with E-state index in [1.165, 1.54) is 16.7 Å². The van der Waals surface area contributed by atoms with Crippen LogP contribution < -0.4 is 9.64 Å². The zero-order chi connectivity index (χ0) is 14.7. The van der Waals surface area contributed by atoms with Crippen molar-refractivity contribution >= 4 is 21.7 Å². The predicted octanol–water partition coefficient (Wildman–Crippen LogP) is 4.11. The average Bonchev–Trinajstić information content (AvgIpc) is 2.39. The molecule has 20 heavy (non-hydrogen) atoms. The zero-order valence-electron chi connectivity index (χ0n) is 12.3. The number of aromatic nitrogens is 1. The molecule has 0 amide bonds. The third-order valence-electron chi connectivity index (χ3n) is 3.25. The molecule has 0 spiro atoms. The number of pyridine rings is 1. The number of methoxy groups -OCH3 is 1. The highest BCUT2D eigenvalue weighted by atomic mass is 79.9. The summed E-state index contributed by atoms with van der Waals surface area (Å²) in [5.74, 6) is 1.93. The van der Waals surface area contributed by atoms with Gasteiger partial charge in [0.2, 0.25) is 0 Å². The van der Waals surface area contributed by atoms with Crippen LogP contribution in [0, 0.1) is 13.8 Å². The third-order valence-corrected chi connectivity index (χ3v) is 3.72. The van der Waals surface area contributed by atoms with E-state index < -0.39 is 0 Å². The van der Waals surface area contributed by atoms with E-state index in [1.807, 2.05) is 25.4 Å². The molecular weight excluding hydrogens is 316 g/mol. The lowest BCUT2D eigenvalue weighted by Crippen LogP contribution is -2.17. The van der Waals surface area contributed by atoms with Crippen LogP contribution in [0.25, 0.3) is 0 Å². The summed E-state index contributed by atoms with van der Waals surface area (Å²) < 4.78 is 6.39. The van der Waals surface area contributed by atoms with Crippen LogP contribution in [0.5, 0.6) is 5.75 Å². The van der Waals surface area contributed by atoms with E-state index in [1.54, 1.807) is 7.11 Å². The number of hydrogen-bond acceptors (Lipinski definition) is 3. The molecule has 1 aromatic carbocycles. The zero-order valence-corrected chi connectivity index (χ0v) is 13.9. The molecule has 0 saturated heterocycles. The summed E-state index contributed by atoms with van der Waals surface area (Å²) in [6.45, 7) is 4.97. The Morgan fingerprint density at radius 1 is 1.20 bits per heavy atom. The van der Waals surface area contributed by atoms with Gasteiger partial charge in [-0.2, -0.15) is 0 Å². The second kappa shape index (κ2) is 6.27. The first kappa shape index (κ1) is 14.9. The number of hydrogen-bond donors (Lipinski definition) is 0. The highest BCUT2D eigenvalue weighted by Crippen LogP contribution is 2.25. The van der Waals surface area contributed by atoms with Gasteiger partial charge in [-0.25, -0.2) is 4.98 Å². The molecule has 2 aromatic rings. The van der Waals surface area contributed by atoms with Crippen molar-refractivity contribution in [3.8, 4) is 5.75 Å². The number of benzene rings is 1. The van der Waals surface area contributed by atoms with Crippen LogP contribution in [0.1, 0.15) is 16.7 Å². The van der Waals surface area contributed by atoms with Crippen molar-refractivity contribution in [2.45, 2.75) is 20.4 Å². The molecule has 0 N–H and O–H groups in total. The Hall–Kier alpha value is -1.55. The minimum absolute atomic E-state index is 0.820. The van der Waals surface area contributed by atoms with Gasteiger partial charge < -0.3 is 9.64 Å². The fourth-order valence-corrected chi connectivity index (χ4v) is 2.64. The first-order valence-corrected chi connectivity index (χ1v) is 7.27. The standard InChI is InChI=1S/C16H19BrN2O/c1-11-7-13(8-12(2)16(11)20-4)10-19(3)15-6-5-14(17)9-18-15/h5-9H,10H2,1-4H3. The summed E-state index contributed by atoms with van der Waals surface area (Å²) >= 11 is 3.40. The summed E-state index contributed by atoms with van der Waals surface area (Å²) in [5.41, 5.74) is 3.59. The highest BCUT2D eigenvalue weighted by molar-refractivity contribution is 9.10. The number of ether oxygens (including phenoxy) is 1. The van der Waals surface area contributed by atoms with Gasteiger partial charge in [-0.1, -0.05) is 12.1 Å². The second-order valence-electron chi connectivity index (χ2n) is 4.95. The van der Waals surface area contributed by atoms with Gasteiger partial charge in [0.15, 0.2) is 0 Å². The monoisotopic (exact) mass is 334 g/mol. The predicted molar refractivity (Wildman–Crippen MR) is 86.5 cm³/mol. The van der Waals surface area contributed by atoms with E-state index in [9.17, 15) is 0 Å². The Morgan fingerprint density at radius 3 is 2.35 bits per heavy atom. The fraction of sp³-hybridized carbons (Fsp3) is 0.312. The number of halogens is 1. The van der Waals surface area contributed by atoms with Crippen molar-refractivity contribution < 1.29 is 4.74 Å². The lowest BCUT2D eigenvalue weighted by atomic mass is 10.1. The molecular formula is C16H19BrN2O. The topological polar surface area (TPSA) is 25.4 Å². The van der Waals surface area contributed by atoms with E-state index in [4.69, 9.17) is 4.74 Å². The Kier molecular flexibility index (Phi) is 4.65. The molecule has 0 aliphatic heterocycles. The van der Waals surface area contributed by atoms with Crippen molar-refractivity contribution in [2.75, 3.05) is 19.1 Å². The molecule has 0 fully saturated rings. The van der Waals surface area contributed by atoms with E-state index in [-0.39, 0.29) is 0 Å². The Labute approximate surface area is 128 Å². The Morgan fingerprint density at radius 2 is 1.85 bits per heavy atom. The Bertz CT molecular complexity index is 573. The first-order valence-electron chi connectivity index (χ1n) is 6.48. The minimum Gasteiger partial charge on any atom is -0.496 e. The second-order valence-corrected chi connectivity index (χ2v) is 5.87.